The first-order chi connectivity index (χ1) is 12.1. The van der Waals surface area contributed by atoms with Crippen LogP contribution >= 0.6 is 0 Å². The quantitative estimate of drug-likeness (QED) is 0.279. The highest BCUT2D eigenvalue weighted by atomic mass is 16.6. The number of ether oxygens (including phenoxy) is 2. The summed E-state index contributed by atoms with van der Waals surface area (Å²) in [5, 5.41) is 11.1. The van der Waals surface area contributed by atoms with Crippen LogP contribution in [0, 0.1) is 22.1 Å². The maximum absolute atomic E-state index is 12.3. The third-order valence-corrected chi connectivity index (χ3v) is 4.26. The standard InChI is InChI=1S/C19H26N2O5/c1-7-19(8-2,12-16(22)26-18(3,4)5)13-25-15-11-9-10-14(21(23)24)17(15)20-6/h9-11H,7-8,12-13H2,1-5H3. The van der Waals surface area contributed by atoms with Crippen molar-refractivity contribution in [1.29, 1.82) is 0 Å². The van der Waals surface area contributed by atoms with Gasteiger partial charge in [-0.25, -0.2) is 4.85 Å². The van der Waals surface area contributed by atoms with Crippen LogP contribution in [0.2, 0.25) is 0 Å². The van der Waals surface area contributed by atoms with Crippen molar-refractivity contribution < 1.29 is 19.2 Å². The monoisotopic (exact) mass is 362 g/mol. The molecule has 7 heteroatoms. The third kappa shape index (κ3) is 5.73. The number of benzene rings is 1. The van der Waals surface area contributed by atoms with Gasteiger partial charge in [0, 0.05) is 11.5 Å². The Hall–Kier alpha value is -2.62. The molecule has 0 radical (unpaired) electrons. The lowest BCUT2D eigenvalue weighted by Gasteiger charge is -2.32. The number of para-hydroxylation sites is 1. The molecule has 1 aromatic rings. The second kappa shape index (κ2) is 8.65. The first-order valence-electron chi connectivity index (χ1n) is 8.57. The molecule has 0 fully saturated rings. The average molecular weight is 362 g/mol. The average Bonchev–Trinajstić information content (AvgIpc) is 2.56. The Balaban J connectivity index is 3.00. The van der Waals surface area contributed by atoms with E-state index in [0.717, 1.165) is 0 Å². The summed E-state index contributed by atoms with van der Waals surface area (Å²) in [6.45, 7) is 16.7. The largest absolute Gasteiger partial charge is 0.504 e. The van der Waals surface area contributed by atoms with E-state index < -0.39 is 15.9 Å². The topological polar surface area (TPSA) is 83.0 Å². The Bertz CT molecular complexity index is 697. The number of esters is 1. The van der Waals surface area contributed by atoms with Crippen molar-refractivity contribution in [2.75, 3.05) is 6.61 Å². The predicted octanol–water partition coefficient (Wildman–Crippen LogP) is 5.06. The third-order valence-electron chi connectivity index (χ3n) is 4.26. The Morgan fingerprint density at radius 2 is 1.88 bits per heavy atom. The summed E-state index contributed by atoms with van der Waals surface area (Å²) in [7, 11) is 0. The first-order valence-corrected chi connectivity index (χ1v) is 8.57. The van der Waals surface area contributed by atoms with Crippen LogP contribution < -0.4 is 4.74 Å². The molecule has 0 aliphatic heterocycles. The smallest absolute Gasteiger partial charge is 0.306 e. The predicted molar refractivity (Wildman–Crippen MR) is 98.3 cm³/mol. The number of nitro groups is 1. The molecule has 0 aromatic heterocycles. The molecule has 26 heavy (non-hydrogen) atoms. The van der Waals surface area contributed by atoms with Crippen LogP contribution in [0.4, 0.5) is 11.4 Å². The zero-order chi connectivity index (χ0) is 20.0. The van der Waals surface area contributed by atoms with E-state index in [1.165, 1.54) is 18.2 Å². The van der Waals surface area contributed by atoms with Gasteiger partial charge in [-0.3, -0.25) is 14.9 Å². The van der Waals surface area contributed by atoms with Crippen molar-refractivity contribution in [2.24, 2.45) is 5.41 Å². The summed E-state index contributed by atoms with van der Waals surface area (Å²) in [6, 6.07) is 4.29. The van der Waals surface area contributed by atoms with Crippen LogP contribution in [0.5, 0.6) is 5.75 Å². The molecular weight excluding hydrogens is 336 g/mol. The van der Waals surface area contributed by atoms with Gasteiger partial charge < -0.3 is 9.47 Å². The number of rotatable bonds is 8. The maximum Gasteiger partial charge on any atom is 0.306 e. The van der Waals surface area contributed by atoms with E-state index in [0.29, 0.717) is 12.8 Å². The van der Waals surface area contributed by atoms with Crippen molar-refractivity contribution in [3.05, 3.63) is 39.7 Å². The molecule has 0 spiro atoms. The molecular formula is C19H26N2O5. The van der Waals surface area contributed by atoms with E-state index in [9.17, 15) is 14.9 Å². The molecule has 1 rings (SSSR count). The Morgan fingerprint density at radius 1 is 1.27 bits per heavy atom. The Labute approximate surface area is 154 Å². The molecule has 0 bridgehead atoms. The number of carbonyl (C=O) groups is 1. The fourth-order valence-corrected chi connectivity index (χ4v) is 2.56. The Kier molecular flexibility index (Phi) is 7.13. The van der Waals surface area contributed by atoms with E-state index >= 15 is 0 Å². The molecule has 1 aromatic carbocycles. The van der Waals surface area contributed by atoms with Crippen LogP contribution in [-0.4, -0.2) is 23.1 Å². The number of hydrogen-bond donors (Lipinski definition) is 0. The molecule has 142 valence electrons. The fraction of sp³-hybridized carbons (Fsp3) is 0.579. The highest BCUT2D eigenvalue weighted by Gasteiger charge is 2.33. The number of carbonyl (C=O) groups excluding carboxylic acids is 1. The summed E-state index contributed by atoms with van der Waals surface area (Å²) in [5.41, 5.74) is -1.45. The summed E-state index contributed by atoms with van der Waals surface area (Å²) >= 11 is 0. The summed E-state index contributed by atoms with van der Waals surface area (Å²) in [5.74, 6) is -0.154. The second-order valence-electron chi connectivity index (χ2n) is 7.25. The van der Waals surface area contributed by atoms with Gasteiger partial charge in [0.2, 0.25) is 0 Å². The van der Waals surface area contributed by atoms with Gasteiger partial charge in [-0.2, -0.15) is 0 Å². The lowest BCUT2D eigenvalue weighted by molar-refractivity contribution is -0.383. The maximum atomic E-state index is 12.3. The van der Waals surface area contributed by atoms with Crippen molar-refractivity contribution in [1.82, 2.24) is 0 Å². The summed E-state index contributed by atoms with van der Waals surface area (Å²) in [6.07, 6.45) is 1.52. The minimum absolute atomic E-state index is 0.129. The first kappa shape index (κ1) is 21.4. The van der Waals surface area contributed by atoms with Gasteiger partial charge in [0.05, 0.1) is 24.5 Å². The van der Waals surface area contributed by atoms with E-state index in [1.807, 2.05) is 34.6 Å². The molecule has 0 saturated carbocycles. The summed E-state index contributed by atoms with van der Waals surface area (Å²) in [4.78, 5) is 26.0. The van der Waals surface area contributed by atoms with Crippen molar-refractivity contribution in [3.63, 3.8) is 0 Å². The van der Waals surface area contributed by atoms with Gasteiger partial charge in [0.25, 0.3) is 5.69 Å². The van der Waals surface area contributed by atoms with Crippen LogP contribution in [-0.2, 0) is 9.53 Å². The minimum Gasteiger partial charge on any atom is -0.504 e. The molecule has 0 saturated heterocycles. The van der Waals surface area contributed by atoms with E-state index in [1.54, 1.807) is 0 Å². The van der Waals surface area contributed by atoms with Crippen LogP contribution in [0.25, 0.3) is 4.85 Å². The van der Waals surface area contributed by atoms with Gasteiger partial charge in [0.1, 0.15) is 11.4 Å². The van der Waals surface area contributed by atoms with Crippen molar-refractivity contribution >= 4 is 17.3 Å². The highest BCUT2D eigenvalue weighted by molar-refractivity contribution is 5.71. The molecule has 0 unspecified atom stereocenters. The summed E-state index contributed by atoms with van der Waals surface area (Å²) < 4.78 is 11.2. The zero-order valence-corrected chi connectivity index (χ0v) is 16.0. The molecule has 0 amide bonds. The van der Waals surface area contributed by atoms with Crippen LogP contribution in [0.1, 0.15) is 53.9 Å². The van der Waals surface area contributed by atoms with Crippen molar-refractivity contribution in [2.45, 2.75) is 59.5 Å². The van der Waals surface area contributed by atoms with Gasteiger partial charge in [-0.05, 0) is 39.7 Å². The molecule has 0 N–H and O–H groups in total. The second-order valence-corrected chi connectivity index (χ2v) is 7.25. The van der Waals surface area contributed by atoms with Gasteiger partial charge >= 0.3 is 11.7 Å². The normalized spacial score (nSPS) is 11.5. The minimum atomic E-state index is -0.603. The van der Waals surface area contributed by atoms with Crippen LogP contribution in [0.15, 0.2) is 18.2 Å². The lowest BCUT2D eigenvalue weighted by Crippen LogP contribution is -2.33. The van der Waals surface area contributed by atoms with E-state index in [4.69, 9.17) is 16.0 Å². The molecule has 0 aliphatic carbocycles. The van der Waals surface area contributed by atoms with E-state index in [-0.39, 0.29) is 36.1 Å². The van der Waals surface area contributed by atoms with Crippen LogP contribution in [0.3, 0.4) is 0 Å². The SMILES string of the molecule is [C-]#[N+]c1c(OCC(CC)(CC)CC(=O)OC(C)(C)C)cccc1[N+](=O)[O-]. The molecule has 0 aliphatic rings. The lowest BCUT2D eigenvalue weighted by atomic mass is 9.80. The molecule has 0 atom stereocenters. The Morgan fingerprint density at radius 3 is 2.35 bits per heavy atom. The number of hydrogen-bond acceptors (Lipinski definition) is 5. The molecule has 7 nitrogen and oxygen atoms in total. The van der Waals surface area contributed by atoms with Crippen molar-refractivity contribution in [3.8, 4) is 5.75 Å². The fourth-order valence-electron chi connectivity index (χ4n) is 2.56. The van der Waals surface area contributed by atoms with Gasteiger partial charge in [-0.1, -0.05) is 19.9 Å². The highest BCUT2D eigenvalue weighted by Crippen LogP contribution is 2.39. The number of nitro benzene ring substituents is 1. The van der Waals surface area contributed by atoms with E-state index in [2.05, 4.69) is 4.85 Å². The van der Waals surface area contributed by atoms with Gasteiger partial charge in [-0.15, -0.1) is 0 Å². The number of nitrogens with zero attached hydrogens (tertiary/aromatic N) is 2. The molecule has 0 heterocycles. The van der Waals surface area contributed by atoms with Gasteiger partial charge in [0.15, 0.2) is 0 Å². The zero-order valence-electron chi connectivity index (χ0n) is 16.0.